The lowest BCUT2D eigenvalue weighted by Gasteiger charge is -2.39. The maximum absolute atomic E-state index is 12.1. The van der Waals surface area contributed by atoms with E-state index in [0.29, 0.717) is 25.5 Å². The summed E-state index contributed by atoms with van der Waals surface area (Å²) in [5.41, 5.74) is 0. The summed E-state index contributed by atoms with van der Waals surface area (Å²) in [7, 11) is -3.17. The number of sulfone groups is 1. The van der Waals surface area contributed by atoms with E-state index >= 15 is 0 Å². The van der Waals surface area contributed by atoms with Crippen LogP contribution in [-0.4, -0.2) is 122 Å². The van der Waals surface area contributed by atoms with E-state index in [4.69, 9.17) is 19.3 Å². The van der Waals surface area contributed by atoms with Crippen LogP contribution in [0.25, 0.3) is 0 Å². The van der Waals surface area contributed by atoms with Gasteiger partial charge in [0.15, 0.2) is 16.1 Å². The van der Waals surface area contributed by atoms with Crippen LogP contribution in [0, 0.1) is 31.6 Å². The van der Waals surface area contributed by atoms with Crippen molar-refractivity contribution in [1.82, 2.24) is 5.32 Å². The molecule has 0 aromatic heterocycles. The number of hydrogen-bond donors (Lipinski definition) is 5. The van der Waals surface area contributed by atoms with Crippen molar-refractivity contribution in [2.75, 3.05) is 62.5 Å². The Hall–Kier alpha value is -0.0200. The third-order valence-electron chi connectivity index (χ3n) is 4.91. The van der Waals surface area contributed by atoms with Crippen molar-refractivity contribution in [3.8, 4) is 0 Å². The van der Waals surface area contributed by atoms with E-state index in [9.17, 15) is 23.7 Å². The number of hydrogen-bond acceptors (Lipinski definition) is 11. The lowest BCUT2D eigenvalue weighted by molar-refractivity contribution is -0.300. The third kappa shape index (κ3) is 10.1. The molecule has 1 aliphatic heterocycles. The standard InChI is InChI=1S/C20H34NO9S2/c22-13-16-17(23)18(24)19(25)20(30-16)29-7-5-21-6-11-32(26,27)12-10-31-9-8-28-14-15-3-1-2-4-15/h1-4,16-25H,5-14H2/t16-,17-,18+,19+,20+/m1/s1. The summed E-state index contributed by atoms with van der Waals surface area (Å²) >= 11 is 1.54. The van der Waals surface area contributed by atoms with E-state index in [1.165, 1.54) is 0 Å². The molecule has 1 aliphatic carbocycles. The molecule has 0 bridgehead atoms. The molecule has 0 aromatic rings. The Morgan fingerprint density at radius 3 is 2.47 bits per heavy atom. The summed E-state index contributed by atoms with van der Waals surface area (Å²) < 4.78 is 40.3. The molecule has 185 valence electrons. The Morgan fingerprint density at radius 2 is 1.75 bits per heavy atom. The van der Waals surface area contributed by atoms with Crippen LogP contribution < -0.4 is 5.32 Å². The maximum Gasteiger partial charge on any atom is 0.186 e. The average molecular weight is 497 g/mol. The highest BCUT2D eigenvalue weighted by Gasteiger charge is 2.43. The number of rotatable bonds is 16. The molecule has 0 unspecified atom stereocenters. The van der Waals surface area contributed by atoms with Gasteiger partial charge in [0, 0.05) is 30.5 Å². The molecular weight excluding hydrogens is 462 g/mol. The van der Waals surface area contributed by atoms with Gasteiger partial charge < -0.3 is 40.0 Å². The first-order valence-corrected chi connectivity index (χ1v) is 13.5. The predicted molar refractivity (Wildman–Crippen MR) is 120 cm³/mol. The monoisotopic (exact) mass is 496 g/mol. The Morgan fingerprint density at radius 1 is 1.00 bits per heavy atom. The largest absolute Gasteiger partial charge is 0.394 e. The number of nitrogens with one attached hydrogen (secondary N) is 1. The smallest absolute Gasteiger partial charge is 0.186 e. The van der Waals surface area contributed by atoms with Gasteiger partial charge in [0.05, 0.1) is 37.9 Å². The van der Waals surface area contributed by atoms with E-state index in [1.807, 2.05) is 25.7 Å². The van der Waals surface area contributed by atoms with Crippen molar-refractivity contribution in [1.29, 1.82) is 0 Å². The molecule has 1 heterocycles. The zero-order chi connectivity index (χ0) is 23.4. The molecule has 10 nitrogen and oxygen atoms in total. The minimum Gasteiger partial charge on any atom is -0.394 e. The van der Waals surface area contributed by atoms with E-state index in [2.05, 4.69) is 5.32 Å². The minimum atomic E-state index is -3.17. The van der Waals surface area contributed by atoms with E-state index < -0.39 is 47.2 Å². The molecule has 0 aromatic carbocycles. The minimum absolute atomic E-state index is 0.00109. The van der Waals surface area contributed by atoms with Crippen molar-refractivity contribution < 1.29 is 43.1 Å². The van der Waals surface area contributed by atoms with Crippen molar-refractivity contribution >= 4 is 21.6 Å². The molecule has 0 spiro atoms. The van der Waals surface area contributed by atoms with Crippen LogP contribution in [0.3, 0.4) is 0 Å². The summed E-state index contributed by atoms with van der Waals surface area (Å²) in [6.07, 6.45) is 1.31. The average Bonchev–Trinajstić information content (AvgIpc) is 3.28. The van der Waals surface area contributed by atoms with Crippen molar-refractivity contribution in [3.05, 3.63) is 31.6 Å². The first-order chi connectivity index (χ1) is 15.3. The van der Waals surface area contributed by atoms with Gasteiger partial charge in [0.1, 0.15) is 24.4 Å². The van der Waals surface area contributed by atoms with Crippen molar-refractivity contribution in [2.45, 2.75) is 30.7 Å². The maximum atomic E-state index is 12.1. The quantitative estimate of drug-likeness (QED) is 0.150. The highest BCUT2D eigenvalue weighted by molar-refractivity contribution is 8.00. The second-order valence-corrected chi connectivity index (χ2v) is 11.0. The van der Waals surface area contributed by atoms with E-state index in [-0.39, 0.29) is 24.7 Å². The van der Waals surface area contributed by atoms with Gasteiger partial charge in [-0.1, -0.05) is 0 Å². The molecule has 5 N–H and O–H groups in total. The van der Waals surface area contributed by atoms with Crippen molar-refractivity contribution in [2.24, 2.45) is 0 Å². The molecule has 12 heteroatoms. The van der Waals surface area contributed by atoms with Crippen LogP contribution in [0.15, 0.2) is 0 Å². The summed E-state index contributed by atoms with van der Waals surface area (Å²) in [4.78, 5) is 0. The Balaban J connectivity index is 1.46. The van der Waals surface area contributed by atoms with Gasteiger partial charge in [-0.25, -0.2) is 8.42 Å². The Labute approximate surface area is 194 Å². The van der Waals surface area contributed by atoms with Gasteiger partial charge in [0.2, 0.25) is 0 Å². The summed E-state index contributed by atoms with van der Waals surface area (Å²) in [5, 5.41) is 41.4. The first kappa shape index (κ1) is 28.2. The fourth-order valence-corrected chi connectivity index (χ4v) is 5.60. The number of thioether (sulfide) groups is 1. The number of aliphatic hydroxyl groups is 4. The normalized spacial score (nSPS) is 29.6. The molecule has 5 radical (unpaired) electrons. The fourth-order valence-electron chi connectivity index (χ4n) is 3.01. The third-order valence-corrected chi connectivity index (χ3v) is 7.77. The molecule has 2 rings (SSSR count). The Bertz CT molecular complexity index is 602. The second-order valence-electron chi connectivity index (χ2n) is 7.43. The molecule has 1 saturated carbocycles. The first-order valence-electron chi connectivity index (χ1n) is 10.5. The van der Waals surface area contributed by atoms with Crippen LogP contribution in [0.1, 0.15) is 0 Å². The summed E-state index contributed by atoms with van der Waals surface area (Å²) in [6, 6.07) is 0. The van der Waals surface area contributed by atoms with Crippen LogP contribution in [0.5, 0.6) is 0 Å². The van der Waals surface area contributed by atoms with Gasteiger partial charge in [-0.05, 0) is 25.7 Å². The van der Waals surface area contributed by atoms with Crippen LogP contribution in [-0.2, 0) is 24.0 Å². The molecular formula is C20H34NO9S2. The van der Waals surface area contributed by atoms with Crippen LogP contribution in [0.4, 0.5) is 0 Å². The van der Waals surface area contributed by atoms with Crippen LogP contribution >= 0.6 is 11.8 Å². The van der Waals surface area contributed by atoms with E-state index in [0.717, 1.165) is 11.7 Å². The zero-order valence-electron chi connectivity index (χ0n) is 17.9. The lowest BCUT2D eigenvalue weighted by Crippen LogP contribution is -2.59. The van der Waals surface area contributed by atoms with Gasteiger partial charge in [-0.2, -0.15) is 11.8 Å². The van der Waals surface area contributed by atoms with Gasteiger partial charge >= 0.3 is 0 Å². The molecule has 2 aliphatic rings. The SMILES string of the molecule is O=S(=O)(CCNCCO[C@H]1O[C@H](CO)[C@@H](O)[C@H](O)[C@@H]1O)CCSCCOC[C]1[CH][CH][CH][CH]1. The molecule has 0 amide bonds. The lowest BCUT2D eigenvalue weighted by atomic mass is 9.99. The number of ether oxygens (including phenoxy) is 3. The van der Waals surface area contributed by atoms with Gasteiger partial charge in [-0.15, -0.1) is 0 Å². The van der Waals surface area contributed by atoms with E-state index in [1.54, 1.807) is 11.8 Å². The number of aliphatic hydroxyl groups excluding tert-OH is 4. The fraction of sp³-hybridized carbons (Fsp3) is 0.750. The molecule has 1 saturated heterocycles. The zero-order valence-corrected chi connectivity index (χ0v) is 19.5. The summed E-state index contributed by atoms with van der Waals surface area (Å²) in [5.74, 6) is 2.49. The second kappa shape index (κ2) is 15.1. The topological polar surface area (TPSA) is 155 Å². The van der Waals surface area contributed by atoms with Crippen LogP contribution in [0.2, 0.25) is 0 Å². The predicted octanol–water partition coefficient (Wildman–Crippen LogP) is -2.04. The summed E-state index contributed by atoms with van der Waals surface area (Å²) in [6.45, 7) is 1.27. The highest BCUT2D eigenvalue weighted by atomic mass is 32.2. The molecule has 2 fully saturated rings. The van der Waals surface area contributed by atoms with Gasteiger partial charge in [0.25, 0.3) is 0 Å². The Kier molecular flexibility index (Phi) is 13.3. The highest BCUT2D eigenvalue weighted by Crippen LogP contribution is 2.23. The molecule has 32 heavy (non-hydrogen) atoms. The van der Waals surface area contributed by atoms with Crippen molar-refractivity contribution in [3.63, 3.8) is 0 Å². The molecule has 5 atom stereocenters. The van der Waals surface area contributed by atoms with Gasteiger partial charge in [-0.3, -0.25) is 0 Å².